The molecule has 0 aliphatic rings. The van der Waals surface area contributed by atoms with Crippen molar-refractivity contribution in [2.45, 2.75) is 0 Å². The summed E-state index contributed by atoms with van der Waals surface area (Å²) in [4.78, 5) is 5.45. The molecule has 0 aliphatic heterocycles. The van der Waals surface area contributed by atoms with Crippen LogP contribution in [-0.2, 0) is 0 Å². The fourth-order valence-corrected chi connectivity index (χ4v) is 8.80. The van der Waals surface area contributed by atoms with Crippen molar-refractivity contribution < 1.29 is 8.83 Å². The Morgan fingerprint density at radius 3 is 1.68 bits per heavy atom. The summed E-state index contributed by atoms with van der Waals surface area (Å²) in [7, 11) is 0. The van der Waals surface area contributed by atoms with Crippen molar-refractivity contribution in [2.24, 2.45) is 0 Å². The number of fused-ring (bicyclic) bond motifs is 10. The van der Waals surface area contributed by atoms with Gasteiger partial charge in [-0.25, -0.2) is 4.98 Å². The quantitative estimate of drug-likeness (QED) is 0.177. The van der Waals surface area contributed by atoms with Crippen LogP contribution >= 0.6 is 0 Å². The Balaban J connectivity index is 1.12. The third-order valence-corrected chi connectivity index (χ3v) is 11.4. The van der Waals surface area contributed by atoms with Gasteiger partial charge >= 0.3 is 0 Å². The van der Waals surface area contributed by atoms with Gasteiger partial charge in [0.15, 0.2) is 0 Å². The zero-order valence-corrected chi connectivity index (χ0v) is 30.7. The molecule has 0 amide bonds. The van der Waals surface area contributed by atoms with Gasteiger partial charge in [-0.1, -0.05) is 127 Å². The van der Waals surface area contributed by atoms with Crippen molar-refractivity contribution in [1.82, 2.24) is 9.55 Å². The summed E-state index contributed by atoms with van der Waals surface area (Å²) >= 11 is 0. The molecular weight excluding hydrogens is 697 g/mol. The van der Waals surface area contributed by atoms with Crippen LogP contribution in [0.15, 0.2) is 203 Å². The molecule has 12 aromatic rings. The number of benzene rings is 8. The van der Waals surface area contributed by atoms with Crippen molar-refractivity contribution in [3.63, 3.8) is 0 Å². The maximum absolute atomic E-state index is 7.11. The third kappa shape index (κ3) is 4.91. The first-order valence-electron chi connectivity index (χ1n) is 19.3. The van der Waals surface area contributed by atoms with Crippen LogP contribution in [0.1, 0.15) is 0 Å². The standard InChI is InChI=1S/C53H32N2O2/c1-3-14-33(15-4-1)34-16-11-17-35(30-34)36-31-45(42-24-12-22-39-38-20-8-10-27-49(38)56-51(39)42)54-46(32-36)43-25-13-23-40-41-28-29-48-50(53(41)57-52(40)43)44-21-7-9-26-47(44)55(48)37-18-5-2-6-19-37/h1-32H. The van der Waals surface area contributed by atoms with E-state index < -0.39 is 0 Å². The number of nitrogens with zero attached hydrogens (tertiary/aromatic N) is 2. The van der Waals surface area contributed by atoms with Crippen molar-refractivity contribution in [3.05, 3.63) is 194 Å². The predicted molar refractivity (Wildman–Crippen MR) is 235 cm³/mol. The van der Waals surface area contributed by atoms with Gasteiger partial charge in [0.2, 0.25) is 0 Å². The van der Waals surface area contributed by atoms with Crippen LogP contribution in [0.3, 0.4) is 0 Å². The first-order chi connectivity index (χ1) is 28.3. The van der Waals surface area contributed by atoms with E-state index in [-0.39, 0.29) is 0 Å². The van der Waals surface area contributed by atoms with Crippen LogP contribution in [0.25, 0.3) is 116 Å². The van der Waals surface area contributed by atoms with E-state index in [0.29, 0.717) is 0 Å². The fraction of sp³-hybridized carbons (Fsp3) is 0. The minimum atomic E-state index is 0.812. The Morgan fingerprint density at radius 1 is 0.351 bits per heavy atom. The number of furan rings is 2. The Morgan fingerprint density at radius 2 is 0.912 bits per heavy atom. The Kier molecular flexibility index (Phi) is 6.89. The lowest BCUT2D eigenvalue weighted by molar-refractivity contribution is 0.670. The molecule has 0 saturated heterocycles. The van der Waals surface area contributed by atoms with Gasteiger partial charge in [0.1, 0.15) is 22.3 Å². The number of rotatable bonds is 5. The van der Waals surface area contributed by atoms with Gasteiger partial charge in [-0.3, -0.25) is 0 Å². The molecule has 266 valence electrons. The predicted octanol–water partition coefficient (Wildman–Crippen LogP) is 14.6. The molecule has 0 N–H and O–H groups in total. The lowest BCUT2D eigenvalue weighted by Crippen LogP contribution is -1.92. The summed E-state index contributed by atoms with van der Waals surface area (Å²) in [6, 6.07) is 68.2. The number of aromatic nitrogens is 2. The lowest BCUT2D eigenvalue weighted by Gasteiger charge is -2.12. The average Bonchev–Trinajstić information content (AvgIpc) is 3.96. The molecule has 8 aromatic carbocycles. The second kappa shape index (κ2) is 12.4. The largest absolute Gasteiger partial charge is 0.455 e. The van der Waals surface area contributed by atoms with Gasteiger partial charge in [0.25, 0.3) is 0 Å². The number of para-hydroxylation sites is 5. The molecule has 4 heteroatoms. The molecule has 4 heterocycles. The summed E-state index contributed by atoms with van der Waals surface area (Å²) in [5, 5.41) is 6.55. The van der Waals surface area contributed by atoms with Crippen LogP contribution in [0.4, 0.5) is 0 Å². The fourth-order valence-electron chi connectivity index (χ4n) is 8.80. The van der Waals surface area contributed by atoms with Gasteiger partial charge in [-0.2, -0.15) is 0 Å². The summed E-state index contributed by atoms with van der Waals surface area (Å²) < 4.78 is 16.0. The highest BCUT2D eigenvalue weighted by molar-refractivity contribution is 6.24. The minimum absolute atomic E-state index is 0.812. The van der Waals surface area contributed by atoms with E-state index in [4.69, 9.17) is 13.8 Å². The molecule has 0 aliphatic carbocycles. The van der Waals surface area contributed by atoms with Gasteiger partial charge < -0.3 is 13.4 Å². The van der Waals surface area contributed by atoms with Gasteiger partial charge in [-0.15, -0.1) is 0 Å². The van der Waals surface area contributed by atoms with Crippen LogP contribution < -0.4 is 0 Å². The summed E-state index contributed by atoms with van der Waals surface area (Å²) in [6.45, 7) is 0. The molecule has 57 heavy (non-hydrogen) atoms. The van der Waals surface area contributed by atoms with Gasteiger partial charge in [0, 0.05) is 43.7 Å². The topological polar surface area (TPSA) is 44.1 Å². The summed E-state index contributed by atoms with van der Waals surface area (Å²) in [6.07, 6.45) is 0. The Hall–Kier alpha value is -7.69. The molecule has 0 spiro atoms. The van der Waals surface area contributed by atoms with Crippen molar-refractivity contribution in [2.75, 3.05) is 0 Å². The zero-order chi connectivity index (χ0) is 37.5. The molecule has 0 unspecified atom stereocenters. The zero-order valence-electron chi connectivity index (χ0n) is 30.7. The van der Waals surface area contributed by atoms with Crippen LogP contribution in [0.2, 0.25) is 0 Å². The van der Waals surface area contributed by atoms with Crippen molar-refractivity contribution in [1.29, 1.82) is 0 Å². The van der Waals surface area contributed by atoms with E-state index >= 15 is 0 Å². The van der Waals surface area contributed by atoms with Gasteiger partial charge in [-0.05, 0) is 89.0 Å². The first kappa shape index (κ1) is 31.6. The molecular formula is C53H32N2O2. The average molecular weight is 729 g/mol. The van der Waals surface area contributed by atoms with Crippen LogP contribution in [0.5, 0.6) is 0 Å². The Labute approximate surface area is 327 Å². The molecule has 0 saturated carbocycles. The van der Waals surface area contributed by atoms with E-state index in [9.17, 15) is 0 Å². The van der Waals surface area contributed by atoms with E-state index in [1.165, 1.54) is 5.56 Å². The molecule has 4 aromatic heterocycles. The van der Waals surface area contributed by atoms with Crippen LogP contribution in [0, 0.1) is 0 Å². The van der Waals surface area contributed by atoms with Crippen molar-refractivity contribution >= 4 is 65.7 Å². The van der Waals surface area contributed by atoms with E-state index in [2.05, 4.69) is 187 Å². The normalized spacial score (nSPS) is 11.9. The monoisotopic (exact) mass is 728 g/mol. The lowest BCUT2D eigenvalue weighted by atomic mass is 9.96. The van der Waals surface area contributed by atoms with Crippen LogP contribution in [-0.4, -0.2) is 9.55 Å². The number of pyridine rings is 1. The highest BCUT2D eigenvalue weighted by atomic mass is 16.3. The number of hydrogen-bond acceptors (Lipinski definition) is 3. The SMILES string of the molecule is c1ccc(-c2cccc(-c3cc(-c4cccc5c4oc4ccccc45)nc(-c4cccc5c4oc4c5ccc5c4c4ccccc4n5-c4ccccc4)c3)c2)cc1. The maximum Gasteiger partial charge on any atom is 0.145 e. The second-order valence-electron chi connectivity index (χ2n) is 14.7. The highest BCUT2D eigenvalue weighted by Gasteiger charge is 2.22. The van der Waals surface area contributed by atoms with Crippen molar-refractivity contribution in [3.8, 4) is 50.5 Å². The smallest absolute Gasteiger partial charge is 0.145 e. The molecule has 4 nitrogen and oxygen atoms in total. The third-order valence-electron chi connectivity index (χ3n) is 11.4. The van der Waals surface area contributed by atoms with E-state index in [0.717, 1.165) is 111 Å². The van der Waals surface area contributed by atoms with E-state index in [1.807, 2.05) is 12.1 Å². The van der Waals surface area contributed by atoms with Gasteiger partial charge in [0.05, 0.1) is 27.8 Å². The second-order valence-corrected chi connectivity index (χ2v) is 14.7. The first-order valence-corrected chi connectivity index (χ1v) is 19.3. The molecule has 0 atom stereocenters. The minimum Gasteiger partial charge on any atom is -0.455 e. The van der Waals surface area contributed by atoms with E-state index in [1.54, 1.807) is 0 Å². The highest BCUT2D eigenvalue weighted by Crippen LogP contribution is 2.44. The maximum atomic E-state index is 7.11. The molecule has 0 fully saturated rings. The molecule has 0 bridgehead atoms. The number of hydrogen-bond donors (Lipinski definition) is 0. The Bertz CT molecular complexity index is 3520. The molecule has 12 rings (SSSR count). The summed E-state index contributed by atoms with van der Waals surface area (Å²) in [5.41, 5.74) is 14.8. The molecule has 0 radical (unpaired) electrons. The summed E-state index contributed by atoms with van der Waals surface area (Å²) in [5.74, 6) is 0.